The number of hydrogen-bond acceptors (Lipinski definition) is 3. The number of benzene rings is 1. The van der Waals surface area contributed by atoms with Crippen LogP contribution in [0.25, 0.3) is 0 Å². The summed E-state index contributed by atoms with van der Waals surface area (Å²) in [7, 11) is -1.91. The van der Waals surface area contributed by atoms with Crippen LogP contribution in [0.2, 0.25) is 0 Å². The molecule has 5 nitrogen and oxygen atoms in total. The highest BCUT2D eigenvalue weighted by Gasteiger charge is 2.15. The van der Waals surface area contributed by atoms with E-state index in [2.05, 4.69) is 21.2 Å². The average molecular weight is 349 g/mol. The molecule has 0 radical (unpaired) electrons. The molecule has 1 N–H and O–H groups in total. The van der Waals surface area contributed by atoms with E-state index in [0.717, 1.165) is 10.6 Å². The summed E-state index contributed by atoms with van der Waals surface area (Å²) in [5.41, 5.74) is 0.847. The van der Waals surface area contributed by atoms with Crippen molar-refractivity contribution in [2.24, 2.45) is 0 Å². The van der Waals surface area contributed by atoms with Gasteiger partial charge in [-0.05, 0) is 32.0 Å². The Hall–Kier alpha value is -1.08. The summed E-state index contributed by atoms with van der Waals surface area (Å²) in [6.45, 7) is 3.72. The van der Waals surface area contributed by atoms with Gasteiger partial charge in [-0.2, -0.15) is 0 Å². The molecule has 106 valence electrons. The van der Waals surface area contributed by atoms with Gasteiger partial charge in [0.25, 0.3) is 5.91 Å². The van der Waals surface area contributed by atoms with Crippen molar-refractivity contribution in [3.05, 3.63) is 28.2 Å². The number of rotatable bonds is 4. The largest absolute Gasteiger partial charge is 0.350 e. The molecule has 1 aromatic carbocycles. The number of nitrogens with one attached hydrogen (secondary N) is 1. The molecule has 0 saturated heterocycles. The molecule has 1 amide bonds. The molecule has 0 saturated carbocycles. The maximum Gasteiger partial charge on any atom is 0.251 e. The van der Waals surface area contributed by atoms with E-state index in [1.807, 2.05) is 13.8 Å². The predicted molar refractivity (Wildman–Crippen MR) is 80.0 cm³/mol. The first kappa shape index (κ1) is 16.0. The Morgan fingerprint density at radius 2 is 1.89 bits per heavy atom. The summed E-state index contributed by atoms with van der Waals surface area (Å²) >= 11 is 3.28. The molecular formula is C12H17BrN2O3S. The molecule has 7 heteroatoms. The normalized spacial score (nSPS) is 11.5. The molecule has 0 spiro atoms. The summed E-state index contributed by atoms with van der Waals surface area (Å²) in [6, 6.07) is 4.86. The van der Waals surface area contributed by atoms with E-state index >= 15 is 0 Å². The third-order valence-corrected chi connectivity index (χ3v) is 4.09. The van der Waals surface area contributed by atoms with Crippen molar-refractivity contribution >= 4 is 37.5 Å². The summed E-state index contributed by atoms with van der Waals surface area (Å²) in [5.74, 6) is -0.237. The molecule has 0 unspecified atom stereocenters. The number of carbonyl (C=O) groups excluding carboxylic acids is 1. The van der Waals surface area contributed by atoms with Crippen LogP contribution in [0.5, 0.6) is 0 Å². The summed E-state index contributed by atoms with van der Waals surface area (Å²) in [4.78, 5) is 11.9. The number of sulfonamides is 1. The van der Waals surface area contributed by atoms with Crippen LogP contribution in [0.15, 0.2) is 22.7 Å². The van der Waals surface area contributed by atoms with Crippen LogP contribution in [0.1, 0.15) is 24.2 Å². The summed E-state index contributed by atoms with van der Waals surface area (Å²) < 4.78 is 24.8. The Morgan fingerprint density at radius 1 is 1.32 bits per heavy atom. The van der Waals surface area contributed by atoms with Crippen molar-refractivity contribution < 1.29 is 13.2 Å². The molecule has 0 aliphatic rings. The van der Waals surface area contributed by atoms with Crippen molar-refractivity contribution in [3.8, 4) is 0 Å². The number of anilines is 1. The average Bonchev–Trinajstić information content (AvgIpc) is 2.25. The third-order valence-electron chi connectivity index (χ3n) is 2.43. The SMILES string of the molecule is CC(C)NC(=O)c1cc(Br)cc(N(C)S(C)(=O)=O)c1. The first-order chi connectivity index (χ1) is 8.61. The lowest BCUT2D eigenvalue weighted by Gasteiger charge is -2.18. The second kappa shape index (κ2) is 5.92. The minimum absolute atomic E-state index is 0.0163. The van der Waals surface area contributed by atoms with Gasteiger partial charge >= 0.3 is 0 Å². The fourth-order valence-electron chi connectivity index (χ4n) is 1.42. The monoisotopic (exact) mass is 348 g/mol. The van der Waals surface area contributed by atoms with Gasteiger partial charge in [-0.15, -0.1) is 0 Å². The Bertz CT molecular complexity index is 585. The van der Waals surface area contributed by atoms with Gasteiger partial charge in [0.05, 0.1) is 11.9 Å². The van der Waals surface area contributed by atoms with E-state index in [1.54, 1.807) is 18.2 Å². The Kier molecular flexibility index (Phi) is 4.98. The topological polar surface area (TPSA) is 66.5 Å². The van der Waals surface area contributed by atoms with Crippen LogP contribution in [-0.2, 0) is 10.0 Å². The Balaban J connectivity index is 3.18. The van der Waals surface area contributed by atoms with Crippen LogP contribution in [0.3, 0.4) is 0 Å². The number of halogens is 1. The third kappa shape index (κ3) is 4.50. The first-order valence-electron chi connectivity index (χ1n) is 5.66. The summed E-state index contributed by atoms with van der Waals surface area (Å²) in [5, 5.41) is 2.76. The molecule has 0 fully saturated rings. The quantitative estimate of drug-likeness (QED) is 0.904. The van der Waals surface area contributed by atoms with Gasteiger partial charge < -0.3 is 5.32 Å². The van der Waals surface area contributed by atoms with Gasteiger partial charge in [-0.3, -0.25) is 9.10 Å². The zero-order chi connectivity index (χ0) is 14.8. The fraction of sp³-hybridized carbons (Fsp3) is 0.417. The molecule has 0 aromatic heterocycles. The number of amides is 1. The Labute approximate surface area is 122 Å². The highest BCUT2D eigenvalue weighted by Crippen LogP contribution is 2.23. The lowest BCUT2D eigenvalue weighted by Crippen LogP contribution is -2.30. The molecule has 0 bridgehead atoms. The molecule has 0 atom stereocenters. The second-order valence-electron chi connectivity index (χ2n) is 4.56. The van der Waals surface area contributed by atoms with Crippen LogP contribution in [0.4, 0.5) is 5.69 Å². The smallest absolute Gasteiger partial charge is 0.251 e. The Morgan fingerprint density at radius 3 is 2.37 bits per heavy atom. The minimum Gasteiger partial charge on any atom is -0.350 e. The second-order valence-corrected chi connectivity index (χ2v) is 7.49. The maximum absolute atomic E-state index is 11.9. The van der Waals surface area contributed by atoms with Crippen LogP contribution in [0, 0.1) is 0 Å². The first-order valence-corrected chi connectivity index (χ1v) is 8.30. The van der Waals surface area contributed by atoms with E-state index in [4.69, 9.17) is 0 Å². The molecule has 19 heavy (non-hydrogen) atoms. The molecule has 0 aliphatic heterocycles. The van der Waals surface area contributed by atoms with Gasteiger partial charge in [0.2, 0.25) is 10.0 Å². The molecular weight excluding hydrogens is 332 g/mol. The van der Waals surface area contributed by atoms with E-state index in [-0.39, 0.29) is 11.9 Å². The highest BCUT2D eigenvalue weighted by molar-refractivity contribution is 9.10. The zero-order valence-electron chi connectivity index (χ0n) is 11.3. The predicted octanol–water partition coefficient (Wildman–Crippen LogP) is 1.98. The van der Waals surface area contributed by atoms with Crippen LogP contribution < -0.4 is 9.62 Å². The van der Waals surface area contributed by atoms with Gasteiger partial charge in [0, 0.05) is 23.1 Å². The number of hydrogen-bond donors (Lipinski definition) is 1. The summed E-state index contributed by atoms with van der Waals surface area (Å²) in [6.07, 6.45) is 1.11. The lowest BCUT2D eigenvalue weighted by molar-refractivity contribution is 0.0943. The minimum atomic E-state index is -3.36. The van der Waals surface area contributed by atoms with E-state index in [1.165, 1.54) is 7.05 Å². The highest BCUT2D eigenvalue weighted by atomic mass is 79.9. The number of nitrogens with zero attached hydrogens (tertiary/aromatic N) is 1. The van der Waals surface area contributed by atoms with Crippen molar-refractivity contribution in [1.82, 2.24) is 5.32 Å². The van der Waals surface area contributed by atoms with E-state index < -0.39 is 10.0 Å². The van der Waals surface area contributed by atoms with Gasteiger partial charge in [-0.1, -0.05) is 15.9 Å². The molecule has 0 heterocycles. The number of carbonyl (C=O) groups is 1. The standard InChI is InChI=1S/C12H17BrN2O3S/c1-8(2)14-12(16)9-5-10(13)7-11(6-9)15(3)19(4,17)18/h5-8H,1-4H3,(H,14,16). The van der Waals surface area contributed by atoms with Crippen LogP contribution in [-0.4, -0.2) is 33.7 Å². The van der Waals surface area contributed by atoms with Crippen molar-refractivity contribution in [2.75, 3.05) is 17.6 Å². The lowest BCUT2D eigenvalue weighted by atomic mass is 10.2. The van der Waals surface area contributed by atoms with Gasteiger partial charge in [0.15, 0.2) is 0 Å². The van der Waals surface area contributed by atoms with Crippen molar-refractivity contribution in [1.29, 1.82) is 0 Å². The zero-order valence-corrected chi connectivity index (χ0v) is 13.7. The van der Waals surface area contributed by atoms with Crippen molar-refractivity contribution in [2.45, 2.75) is 19.9 Å². The van der Waals surface area contributed by atoms with Gasteiger partial charge in [0.1, 0.15) is 0 Å². The molecule has 0 aliphatic carbocycles. The van der Waals surface area contributed by atoms with Gasteiger partial charge in [-0.25, -0.2) is 8.42 Å². The van der Waals surface area contributed by atoms with Crippen molar-refractivity contribution in [3.63, 3.8) is 0 Å². The molecule has 1 aromatic rings. The maximum atomic E-state index is 11.9. The van der Waals surface area contributed by atoms with Crippen LogP contribution >= 0.6 is 15.9 Å². The fourth-order valence-corrected chi connectivity index (χ4v) is 2.39. The van der Waals surface area contributed by atoms with E-state index in [0.29, 0.717) is 15.7 Å². The molecule has 1 rings (SSSR count). The van der Waals surface area contributed by atoms with E-state index in [9.17, 15) is 13.2 Å².